The van der Waals surface area contributed by atoms with Crippen molar-refractivity contribution in [3.8, 4) is 0 Å². The third kappa shape index (κ3) is 5.56. The molecule has 0 unspecified atom stereocenters. The fourth-order valence-electron chi connectivity index (χ4n) is 3.54. The predicted octanol–water partition coefficient (Wildman–Crippen LogP) is 2.43. The molecular weight excluding hydrogens is 342 g/mol. The molecule has 1 aliphatic rings. The summed E-state index contributed by atoms with van der Waals surface area (Å²) in [6, 6.07) is 20.1. The lowest BCUT2D eigenvalue weighted by Gasteiger charge is -2.20. The Morgan fingerprint density at radius 3 is 2.33 bits per heavy atom. The van der Waals surface area contributed by atoms with Gasteiger partial charge >= 0.3 is 12.0 Å². The van der Waals surface area contributed by atoms with Crippen molar-refractivity contribution in [3.63, 3.8) is 0 Å². The summed E-state index contributed by atoms with van der Waals surface area (Å²) in [5.74, 6) is -0.729. The van der Waals surface area contributed by atoms with Gasteiger partial charge in [-0.1, -0.05) is 60.7 Å². The zero-order valence-corrected chi connectivity index (χ0v) is 15.2. The Morgan fingerprint density at radius 1 is 1.00 bits per heavy atom. The van der Waals surface area contributed by atoms with Gasteiger partial charge < -0.3 is 15.7 Å². The largest absolute Gasteiger partial charge is 0.481 e. The van der Waals surface area contributed by atoms with Gasteiger partial charge in [-0.25, -0.2) is 4.79 Å². The van der Waals surface area contributed by atoms with Gasteiger partial charge in [-0.3, -0.25) is 9.69 Å². The van der Waals surface area contributed by atoms with Gasteiger partial charge in [-0.15, -0.1) is 0 Å². The second-order valence-corrected chi connectivity index (χ2v) is 6.85. The number of likely N-dealkylation sites (tertiary alicyclic amines) is 1. The molecule has 0 spiro atoms. The van der Waals surface area contributed by atoms with Gasteiger partial charge in [0.25, 0.3) is 0 Å². The van der Waals surface area contributed by atoms with Gasteiger partial charge in [0.1, 0.15) is 0 Å². The summed E-state index contributed by atoms with van der Waals surface area (Å²) in [7, 11) is 0. The van der Waals surface area contributed by atoms with Crippen LogP contribution in [0.3, 0.4) is 0 Å². The maximum Gasteiger partial charge on any atom is 0.315 e. The van der Waals surface area contributed by atoms with E-state index in [1.54, 1.807) is 0 Å². The van der Waals surface area contributed by atoms with Gasteiger partial charge in [-0.05, 0) is 11.1 Å². The maximum absolute atomic E-state index is 12.2. The normalized spacial score (nSPS) is 19.6. The SMILES string of the molecule is O=C(O)CCNC(=O)N[C@@H]1CN(Cc2ccccc2)C[C@H]1c1ccccc1. The standard InChI is InChI=1S/C21H25N3O3/c25-20(26)11-12-22-21(27)23-19-15-24(13-16-7-3-1-4-8-16)14-18(19)17-9-5-2-6-10-17/h1-10,18-19H,11-15H2,(H,25,26)(H2,22,23,27)/t18-,19+/m0/s1. The number of rotatable bonds is 7. The molecule has 2 aromatic carbocycles. The smallest absolute Gasteiger partial charge is 0.315 e. The Hall–Kier alpha value is -2.86. The van der Waals surface area contributed by atoms with E-state index in [0.717, 1.165) is 19.6 Å². The van der Waals surface area contributed by atoms with E-state index in [9.17, 15) is 9.59 Å². The second-order valence-electron chi connectivity index (χ2n) is 6.85. The Bertz CT molecular complexity index is 752. The topological polar surface area (TPSA) is 81.7 Å². The van der Waals surface area contributed by atoms with Crippen molar-refractivity contribution in [1.29, 1.82) is 0 Å². The number of carboxylic acids is 1. The monoisotopic (exact) mass is 367 g/mol. The van der Waals surface area contributed by atoms with E-state index < -0.39 is 5.97 Å². The van der Waals surface area contributed by atoms with Gasteiger partial charge in [0.2, 0.25) is 0 Å². The number of hydrogen-bond donors (Lipinski definition) is 3. The highest BCUT2D eigenvalue weighted by Crippen LogP contribution is 2.28. The molecule has 6 nitrogen and oxygen atoms in total. The highest BCUT2D eigenvalue weighted by Gasteiger charge is 2.34. The summed E-state index contributed by atoms with van der Waals surface area (Å²) in [4.78, 5) is 25.1. The van der Waals surface area contributed by atoms with Crippen molar-refractivity contribution >= 4 is 12.0 Å². The number of aliphatic carboxylic acids is 1. The molecule has 1 aliphatic heterocycles. The van der Waals surface area contributed by atoms with E-state index in [4.69, 9.17) is 5.11 Å². The average Bonchev–Trinajstić information content (AvgIpc) is 3.05. The fourth-order valence-corrected chi connectivity index (χ4v) is 3.54. The lowest BCUT2D eigenvalue weighted by molar-refractivity contribution is -0.136. The molecule has 0 aliphatic carbocycles. The molecule has 2 amide bonds. The number of benzene rings is 2. The number of urea groups is 1. The molecule has 2 aromatic rings. The number of nitrogens with one attached hydrogen (secondary N) is 2. The maximum atomic E-state index is 12.2. The van der Waals surface area contributed by atoms with Crippen molar-refractivity contribution in [2.45, 2.75) is 24.9 Å². The minimum Gasteiger partial charge on any atom is -0.481 e. The number of nitrogens with zero attached hydrogens (tertiary/aromatic N) is 1. The minimum atomic E-state index is -0.924. The van der Waals surface area contributed by atoms with Crippen LogP contribution >= 0.6 is 0 Å². The van der Waals surface area contributed by atoms with Crippen molar-refractivity contribution in [2.75, 3.05) is 19.6 Å². The van der Waals surface area contributed by atoms with Crippen molar-refractivity contribution < 1.29 is 14.7 Å². The first kappa shape index (κ1) is 18.9. The molecule has 1 saturated heterocycles. The van der Waals surface area contributed by atoms with Crippen molar-refractivity contribution in [3.05, 3.63) is 71.8 Å². The molecule has 0 saturated carbocycles. The average molecular weight is 367 g/mol. The van der Waals surface area contributed by atoms with Crippen LogP contribution in [0.2, 0.25) is 0 Å². The van der Waals surface area contributed by atoms with Crippen LogP contribution in [-0.4, -0.2) is 47.7 Å². The predicted molar refractivity (Wildman–Crippen MR) is 103 cm³/mol. The van der Waals surface area contributed by atoms with Crippen LogP contribution in [0.15, 0.2) is 60.7 Å². The molecule has 0 bridgehead atoms. The van der Waals surface area contributed by atoms with Gasteiger partial charge in [0, 0.05) is 32.1 Å². The highest BCUT2D eigenvalue weighted by atomic mass is 16.4. The van der Waals surface area contributed by atoms with E-state index in [-0.39, 0.29) is 31.0 Å². The van der Waals surface area contributed by atoms with Crippen LogP contribution in [0.1, 0.15) is 23.5 Å². The molecular formula is C21H25N3O3. The molecule has 0 aromatic heterocycles. The molecule has 1 heterocycles. The van der Waals surface area contributed by atoms with Crippen LogP contribution in [-0.2, 0) is 11.3 Å². The molecule has 6 heteroatoms. The van der Waals surface area contributed by atoms with E-state index in [1.807, 2.05) is 36.4 Å². The quantitative estimate of drug-likeness (QED) is 0.702. The molecule has 142 valence electrons. The number of amides is 2. The second kappa shape index (κ2) is 9.19. The van der Waals surface area contributed by atoms with E-state index in [1.165, 1.54) is 11.1 Å². The summed E-state index contributed by atoms with van der Waals surface area (Å²) in [5, 5.41) is 14.4. The molecule has 0 radical (unpaired) electrons. The highest BCUT2D eigenvalue weighted by molar-refractivity contribution is 5.75. The first-order chi connectivity index (χ1) is 13.1. The molecule has 3 rings (SSSR count). The van der Waals surface area contributed by atoms with Gasteiger partial charge in [0.15, 0.2) is 0 Å². The zero-order chi connectivity index (χ0) is 19.1. The van der Waals surface area contributed by atoms with Crippen LogP contribution < -0.4 is 10.6 Å². The number of carbonyl (C=O) groups is 2. The fraction of sp³-hybridized carbons (Fsp3) is 0.333. The number of hydrogen-bond acceptors (Lipinski definition) is 3. The number of carbonyl (C=O) groups excluding carboxylic acids is 1. The zero-order valence-electron chi connectivity index (χ0n) is 15.2. The lowest BCUT2D eigenvalue weighted by Crippen LogP contribution is -2.45. The third-order valence-corrected chi connectivity index (χ3v) is 4.81. The first-order valence-electron chi connectivity index (χ1n) is 9.19. The summed E-state index contributed by atoms with van der Waals surface area (Å²) < 4.78 is 0. The Balaban J connectivity index is 1.65. The molecule has 3 N–H and O–H groups in total. The van der Waals surface area contributed by atoms with Gasteiger partial charge in [-0.2, -0.15) is 0 Å². The van der Waals surface area contributed by atoms with E-state index in [0.29, 0.717) is 0 Å². The minimum absolute atomic E-state index is 0.0269. The summed E-state index contributed by atoms with van der Waals surface area (Å²) in [6.07, 6.45) is -0.0830. The Labute approximate surface area is 159 Å². The third-order valence-electron chi connectivity index (χ3n) is 4.81. The van der Waals surface area contributed by atoms with E-state index in [2.05, 4.69) is 39.8 Å². The summed E-state index contributed by atoms with van der Waals surface area (Å²) in [6.45, 7) is 2.57. The van der Waals surface area contributed by atoms with Crippen LogP contribution in [0, 0.1) is 0 Å². The lowest BCUT2D eigenvalue weighted by atomic mass is 9.94. The molecule has 27 heavy (non-hydrogen) atoms. The Morgan fingerprint density at radius 2 is 1.67 bits per heavy atom. The summed E-state index contributed by atoms with van der Waals surface area (Å²) >= 11 is 0. The van der Waals surface area contributed by atoms with Crippen LogP contribution in [0.5, 0.6) is 0 Å². The van der Waals surface area contributed by atoms with E-state index >= 15 is 0 Å². The first-order valence-corrected chi connectivity index (χ1v) is 9.19. The Kier molecular flexibility index (Phi) is 6.44. The summed E-state index contributed by atoms with van der Waals surface area (Å²) in [5.41, 5.74) is 2.44. The van der Waals surface area contributed by atoms with Crippen molar-refractivity contribution in [2.24, 2.45) is 0 Å². The van der Waals surface area contributed by atoms with Crippen molar-refractivity contribution in [1.82, 2.24) is 15.5 Å². The van der Waals surface area contributed by atoms with Gasteiger partial charge in [0.05, 0.1) is 12.5 Å². The number of carboxylic acid groups (broad SMARTS) is 1. The molecule has 2 atom stereocenters. The van der Waals surface area contributed by atoms with Crippen LogP contribution in [0.25, 0.3) is 0 Å². The van der Waals surface area contributed by atoms with Crippen LogP contribution in [0.4, 0.5) is 4.79 Å². The molecule has 1 fully saturated rings.